The van der Waals surface area contributed by atoms with Gasteiger partial charge in [0.2, 0.25) is 0 Å². The van der Waals surface area contributed by atoms with Crippen molar-refractivity contribution in [1.82, 2.24) is 24.5 Å². The highest BCUT2D eigenvalue weighted by Crippen LogP contribution is 2.44. The first kappa shape index (κ1) is 28.1. The first-order valence-electron chi connectivity index (χ1n) is 16.6. The molecular weight excluding hydrogens is 615 g/mol. The van der Waals surface area contributed by atoms with E-state index in [0.29, 0.717) is 17.5 Å². The minimum absolute atomic E-state index is 0.566. The van der Waals surface area contributed by atoms with Gasteiger partial charge in [-0.05, 0) is 48.0 Å². The SMILES string of the molecule is c1ccc(-c2nc(-c3ccccc3)nc(-c3c(-c4cccnc4)ccc4oc5cc6c(cc5c34)c3ccccc3n6-c3ccccc3)n2)cc1. The molecule has 4 heterocycles. The van der Waals surface area contributed by atoms with E-state index in [9.17, 15) is 0 Å². The number of para-hydroxylation sites is 2. The van der Waals surface area contributed by atoms with E-state index in [-0.39, 0.29) is 0 Å². The van der Waals surface area contributed by atoms with Gasteiger partial charge in [-0.25, -0.2) is 15.0 Å². The van der Waals surface area contributed by atoms with Gasteiger partial charge in [0.05, 0.1) is 11.0 Å². The van der Waals surface area contributed by atoms with E-state index in [1.165, 1.54) is 5.39 Å². The van der Waals surface area contributed by atoms with E-state index in [1.54, 1.807) is 6.20 Å². The molecule has 0 aliphatic rings. The summed E-state index contributed by atoms with van der Waals surface area (Å²) < 4.78 is 9.04. The summed E-state index contributed by atoms with van der Waals surface area (Å²) in [4.78, 5) is 19.8. The zero-order valence-electron chi connectivity index (χ0n) is 26.7. The van der Waals surface area contributed by atoms with Gasteiger partial charge < -0.3 is 8.98 Å². The molecule has 0 fully saturated rings. The molecule has 10 aromatic rings. The molecule has 0 unspecified atom stereocenters. The molecule has 0 amide bonds. The Labute approximate surface area is 287 Å². The molecule has 0 saturated carbocycles. The maximum atomic E-state index is 6.73. The molecule has 0 saturated heterocycles. The van der Waals surface area contributed by atoms with E-state index in [1.807, 2.05) is 85.1 Å². The van der Waals surface area contributed by atoms with Crippen LogP contribution in [0.15, 0.2) is 168 Å². The summed E-state index contributed by atoms with van der Waals surface area (Å²) in [7, 11) is 0. The van der Waals surface area contributed by atoms with Gasteiger partial charge in [-0.2, -0.15) is 0 Å². The smallest absolute Gasteiger partial charge is 0.165 e. The number of pyridine rings is 1. The molecule has 0 spiro atoms. The fraction of sp³-hybridized carbons (Fsp3) is 0. The molecular formula is C44H27N5O. The van der Waals surface area contributed by atoms with Crippen molar-refractivity contribution in [3.8, 4) is 51.0 Å². The summed E-state index contributed by atoms with van der Waals surface area (Å²) in [5.41, 5.74) is 9.49. The molecule has 0 radical (unpaired) electrons. The van der Waals surface area contributed by atoms with Gasteiger partial charge in [0.25, 0.3) is 0 Å². The monoisotopic (exact) mass is 641 g/mol. The summed E-state index contributed by atoms with van der Waals surface area (Å²) in [6.07, 6.45) is 3.67. The number of furan rings is 1. The third-order valence-corrected chi connectivity index (χ3v) is 9.34. The van der Waals surface area contributed by atoms with Crippen LogP contribution in [0.5, 0.6) is 0 Å². The van der Waals surface area contributed by atoms with Gasteiger partial charge in [0.15, 0.2) is 17.5 Å². The standard InChI is InChI=1S/C44H27N5O/c1-4-13-28(14-5-1)42-46-43(29-15-6-2-7-16-29)48-44(47-42)41-32(30-17-12-24-45-27-30)22-23-38-40(41)35-25-34-33-20-10-11-21-36(33)49(31-18-8-3-9-19-31)37(34)26-39(35)50-38/h1-27H. The van der Waals surface area contributed by atoms with Crippen LogP contribution in [0.3, 0.4) is 0 Å². The lowest BCUT2D eigenvalue weighted by Crippen LogP contribution is -2.01. The first-order valence-corrected chi connectivity index (χ1v) is 16.6. The maximum Gasteiger partial charge on any atom is 0.165 e. The highest BCUT2D eigenvalue weighted by atomic mass is 16.3. The molecule has 0 bridgehead atoms. The van der Waals surface area contributed by atoms with Crippen LogP contribution >= 0.6 is 0 Å². The van der Waals surface area contributed by atoms with Crippen molar-refractivity contribution in [1.29, 1.82) is 0 Å². The lowest BCUT2D eigenvalue weighted by molar-refractivity contribution is 0.669. The molecule has 0 aliphatic heterocycles. The van der Waals surface area contributed by atoms with Crippen molar-refractivity contribution < 1.29 is 4.42 Å². The van der Waals surface area contributed by atoms with Crippen molar-refractivity contribution in [3.05, 3.63) is 164 Å². The average Bonchev–Trinajstić information content (AvgIpc) is 3.72. The van der Waals surface area contributed by atoms with Crippen LogP contribution in [0, 0.1) is 0 Å². The van der Waals surface area contributed by atoms with Crippen molar-refractivity contribution in [2.24, 2.45) is 0 Å². The molecule has 0 atom stereocenters. The number of nitrogens with zero attached hydrogens (tertiary/aromatic N) is 5. The Hall–Kier alpha value is -6.92. The van der Waals surface area contributed by atoms with E-state index in [4.69, 9.17) is 19.4 Å². The second kappa shape index (κ2) is 11.4. The van der Waals surface area contributed by atoms with E-state index < -0.39 is 0 Å². The Kier molecular flexibility index (Phi) is 6.39. The van der Waals surface area contributed by atoms with Crippen LogP contribution in [0.2, 0.25) is 0 Å². The lowest BCUT2D eigenvalue weighted by Gasteiger charge is -2.13. The minimum atomic E-state index is 0.566. The Morgan fingerprint density at radius 1 is 0.460 bits per heavy atom. The van der Waals surface area contributed by atoms with Crippen LogP contribution in [-0.4, -0.2) is 24.5 Å². The molecule has 234 valence electrons. The Morgan fingerprint density at radius 2 is 1.10 bits per heavy atom. The summed E-state index contributed by atoms with van der Waals surface area (Å²) in [6, 6.07) is 51.8. The zero-order valence-corrected chi connectivity index (χ0v) is 26.7. The molecule has 6 nitrogen and oxygen atoms in total. The molecule has 6 heteroatoms. The highest BCUT2D eigenvalue weighted by molar-refractivity contribution is 6.21. The van der Waals surface area contributed by atoms with Crippen molar-refractivity contribution >= 4 is 43.7 Å². The molecule has 6 aromatic carbocycles. The third-order valence-electron chi connectivity index (χ3n) is 9.34. The predicted molar refractivity (Wildman–Crippen MR) is 201 cm³/mol. The second-order valence-corrected chi connectivity index (χ2v) is 12.3. The number of hydrogen-bond donors (Lipinski definition) is 0. The minimum Gasteiger partial charge on any atom is -0.456 e. The topological polar surface area (TPSA) is 69.6 Å². The normalized spacial score (nSPS) is 11.6. The first-order chi connectivity index (χ1) is 24.8. The largest absolute Gasteiger partial charge is 0.456 e. The fourth-order valence-corrected chi connectivity index (χ4v) is 7.10. The maximum absolute atomic E-state index is 6.73. The van der Waals surface area contributed by atoms with Crippen molar-refractivity contribution in [2.75, 3.05) is 0 Å². The number of fused-ring (bicyclic) bond motifs is 6. The van der Waals surface area contributed by atoms with E-state index >= 15 is 0 Å². The number of rotatable bonds is 5. The lowest BCUT2D eigenvalue weighted by atomic mass is 9.95. The van der Waals surface area contributed by atoms with Crippen molar-refractivity contribution in [3.63, 3.8) is 0 Å². The van der Waals surface area contributed by atoms with Crippen LogP contribution < -0.4 is 0 Å². The van der Waals surface area contributed by atoms with Gasteiger partial charge in [-0.15, -0.1) is 0 Å². The number of aromatic nitrogens is 5. The van der Waals surface area contributed by atoms with Crippen LogP contribution in [0.4, 0.5) is 0 Å². The molecule has 0 N–H and O–H groups in total. The Balaban J connectivity index is 1.33. The average molecular weight is 642 g/mol. The summed E-state index contributed by atoms with van der Waals surface area (Å²) >= 11 is 0. The quantitative estimate of drug-likeness (QED) is 0.187. The molecule has 10 rings (SSSR count). The summed E-state index contributed by atoms with van der Waals surface area (Å²) in [5, 5.41) is 4.25. The van der Waals surface area contributed by atoms with Crippen LogP contribution in [0.25, 0.3) is 94.7 Å². The Morgan fingerprint density at radius 3 is 1.80 bits per heavy atom. The molecule has 50 heavy (non-hydrogen) atoms. The number of benzene rings is 6. The summed E-state index contributed by atoms with van der Waals surface area (Å²) in [5.74, 6) is 1.77. The zero-order chi connectivity index (χ0) is 33.0. The van der Waals surface area contributed by atoms with Crippen LogP contribution in [-0.2, 0) is 0 Å². The molecule has 4 aromatic heterocycles. The van der Waals surface area contributed by atoms with Crippen molar-refractivity contribution in [2.45, 2.75) is 0 Å². The van der Waals surface area contributed by atoms with Gasteiger partial charge >= 0.3 is 0 Å². The Bertz CT molecular complexity index is 2790. The van der Waals surface area contributed by atoms with Gasteiger partial charge in [0.1, 0.15) is 11.2 Å². The van der Waals surface area contributed by atoms with Crippen LogP contribution in [0.1, 0.15) is 0 Å². The van der Waals surface area contributed by atoms with E-state index in [0.717, 1.165) is 71.9 Å². The van der Waals surface area contributed by atoms with Gasteiger partial charge in [-0.3, -0.25) is 4.98 Å². The second-order valence-electron chi connectivity index (χ2n) is 12.3. The predicted octanol–water partition coefficient (Wildman–Crippen LogP) is 10.9. The number of hydrogen-bond acceptors (Lipinski definition) is 5. The van der Waals surface area contributed by atoms with Gasteiger partial charge in [-0.1, -0.05) is 103 Å². The van der Waals surface area contributed by atoms with Gasteiger partial charge in [0, 0.05) is 67.9 Å². The fourth-order valence-electron chi connectivity index (χ4n) is 7.10. The highest BCUT2D eigenvalue weighted by Gasteiger charge is 2.23. The van der Waals surface area contributed by atoms with E-state index in [2.05, 4.69) is 82.3 Å². The summed E-state index contributed by atoms with van der Waals surface area (Å²) in [6.45, 7) is 0. The third kappa shape index (κ3) is 4.50. The molecule has 0 aliphatic carbocycles.